The van der Waals surface area contributed by atoms with Gasteiger partial charge >= 0.3 is 6.09 Å². The maximum Gasteiger partial charge on any atom is 0.404 e. The molecular formula is C22H24N4O5S. The minimum atomic E-state index is -0.997. The van der Waals surface area contributed by atoms with Crippen molar-refractivity contribution in [2.75, 3.05) is 26.0 Å². The van der Waals surface area contributed by atoms with Gasteiger partial charge in [0, 0.05) is 42.3 Å². The molecule has 2 saturated heterocycles. The number of carbonyl (C=O) groups is 3. The maximum atomic E-state index is 13.6. The normalized spacial score (nSPS) is 30.4. The Hall–Kier alpha value is -2.82. The average Bonchev–Trinajstić information content (AvgIpc) is 3.39. The van der Waals surface area contributed by atoms with Gasteiger partial charge < -0.3 is 31.2 Å². The summed E-state index contributed by atoms with van der Waals surface area (Å²) in [4.78, 5) is 40.2. The van der Waals surface area contributed by atoms with E-state index in [0.717, 1.165) is 5.56 Å². The van der Waals surface area contributed by atoms with E-state index in [0.29, 0.717) is 29.3 Å². The number of benzene rings is 1. The second-order valence-corrected chi connectivity index (χ2v) is 9.28. The second-order valence-electron chi connectivity index (χ2n) is 8.29. The monoisotopic (exact) mass is 456 g/mol. The van der Waals surface area contributed by atoms with E-state index < -0.39 is 23.5 Å². The Bertz CT molecular complexity index is 1070. The summed E-state index contributed by atoms with van der Waals surface area (Å²) < 4.78 is 11.0. The number of nitrogens with one attached hydrogen (secondary N) is 1. The molecule has 3 heterocycles. The van der Waals surface area contributed by atoms with E-state index in [-0.39, 0.29) is 35.7 Å². The predicted octanol–water partition coefficient (Wildman–Crippen LogP) is 0.262. The predicted molar refractivity (Wildman–Crippen MR) is 117 cm³/mol. The molecule has 10 heteroatoms. The standard InChI is InChI=1S/C22H24N4O5S/c1-30-22-13(8-31-21(24)29)15-17(26(22)7-14-20(22)25-14)18(27)12(16(23)19(15)28)10-32-9-11-5-3-2-4-6-11/h2-6,13-14,20,25H,7-10,23H2,1H3,(H2,24,29)/t13-,14+,20+,22-/m1/s1. The van der Waals surface area contributed by atoms with Gasteiger partial charge in [0.25, 0.3) is 0 Å². The third-order valence-corrected chi connectivity index (χ3v) is 7.72. The fourth-order valence-electron chi connectivity index (χ4n) is 5.23. The molecule has 4 atom stereocenters. The molecule has 1 aliphatic carbocycles. The Labute approximate surface area is 189 Å². The fourth-order valence-corrected chi connectivity index (χ4v) is 6.25. The van der Waals surface area contributed by atoms with E-state index in [9.17, 15) is 14.4 Å². The van der Waals surface area contributed by atoms with Crippen LogP contribution in [0.4, 0.5) is 4.79 Å². The van der Waals surface area contributed by atoms with Gasteiger partial charge in [-0.25, -0.2) is 4.79 Å². The number of Topliss-reactive ketones (excluding diaryl/α,β-unsaturated/α-hetero) is 2. The van der Waals surface area contributed by atoms with Crippen LogP contribution < -0.4 is 16.8 Å². The number of rotatable bonds is 7. The van der Waals surface area contributed by atoms with Crippen molar-refractivity contribution in [3.8, 4) is 0 Å². The molecule has 1 aromatic carbocycles. The molecule has 5 rings (SSSR count). The van der Waals surface area contributed by atoms with Gasteiger partial charge in [-0.15, -0.1) is 0 Å². The highest BCUT2D eigenvalue weighted by molar-refractivity contribution is 7.98. The van der Waals surface area contributed by atoms with Crippen LogP contribution in [0.2, 0.25) is 0 Å². The number of nitrogens with two attached hydrogens (primary N) is 2. The Balaban J connectivity index is 1.45. The third kappa shape index (κ3) is 2.97. The molecule has 3 aliphatic heterocycles. The number of thioether (sulfide) groups is 1. The number of piperazine rings is 1. The number of carbonyl (C=O) groups excluding carboxylic acids is 3. The average molecular weight is 457 g/mol. The second kappa shape index (κ2) is 7.65. The summed E-state index contributed by atoms with van der Waals surface area (Å²) >= 11 is 1.53. The molecule has 0 saturated carbocycles. The Morgan fingerprint density at radius 2 is 2.00 bits per heavy atom. The van der Waals surface area contributed by atoms with E-state index in [1.807, 2.05) is 35.2 Å². The number of allylic oxidation sites excluding steroid dienone is 2. The topological polar surface area (TPSA) is 147 Å². The number of ether oxygens (including phenoxy) is 2. The summed E-state index contributed by atoms with van der Waals surface area (Å²) in [7, 11) is 1.54. The molecule has 1 aromatic rings. The zero-order valence-electron chi connectivity index (χ0n) is 17.5. The van der Waals surface area contributed by atoms with Crippen molar-refractivity contribution < 1.29 is 23.9 Å². The molecule has 5 N–H and O–H groups in total. The molecule has 1 amide bonds. The summed E-state index contributed by atoms with van der Waals surface area (Å²) in [6.45, 7) is 0.349. The van der Waals surface area contributed by atoms with Crippen LogP contribution in [-0.4, -0.2) is 66.4 Å². The number of nitrogens with zero attached hydrogens (tertiary/aromatic N) is 1. The molecule has 2 fully saturated rings. The lowest BCUT2D eigenvalue weighted by Gasteiger charge is -2.39. The van der Waals surface area contributed by atoms with E-state index in [4.69, 9.17) is 20.9 Å². The highest BCUT2D eigenvalue weighted by Gasteiger charge is 2.72. The lowest BCUT2D eigenvalue weighted by atomic mass is 9.82. The summed E-state index contributed by atoms with van der Waals surface area (Å²) in [6.07, 6.45) is -0.953. The molecular weight excluding hydrogens is 432 g/mol. The Morgan fingerprint density at radius 1 is 1.25 bits per heavy atom. The number of hydrogen-bond acceptors (Lipinski definition) is 9. The molecule has 0 spiro atoms. The first kappa shape index (κ1) is 21.0. The van der Waals surface area contributed by atoms with E-state index in [1.165, 1.54) is 18.9 Å². The van der Waals surface area contributed by atoms with Crippen LogP contribution in [0.25, 0.3) is 0 Å². The van der Waals surface area contributed by atoms with Crippen molar-refractivity contribution in [2.45, 2.75) is 23.6 Å². The van der Waals surface area contributed by atoms with Gasteiger partial charge in [0.05, 0.1) is 23.4 Å². The van der Waals surface area contributed by atoms with Crippen LogP contribution in [0.5, 0.6) is 0 Å². The van der Waals surface area contributed by atoms with E-state index in [2.05, 4.69) is 5.32 Å². The summed E-state index contributed by atoms with van der Waals surface area (Å²) in [6, 6.07) is 9.94. The zero-order chi connectivity index (χ0) is 22.6. The Morgan fingerprint density at radius 3 is 2.69 bits per heavy atom. The van der Waals surface area contributed by atoms with Crippen LogP contribution in [0.3, 0.4) is 0 Å². The molecule has 4 aliphatic rings. The van der Waals surface area contributed by atoms with Gasteiger partial charge in [0.2, 0.25) is 11.6 Å². The Kier molecular flexibility index (Phi) is 5.03. The lowest BCUT2D eigenvalue weighted by Crippen LogP contribution is -2.55. The van der Waals surface area contributed by atoms with Gasteiger partial charge in [-0.1, -0.05) is 30.3 Å². The highest BCUT2D eigenvalue weighted by atomic mass is 32.2. The van der Waals surface area contributed by atoms with Crippen LogP contribution in [0.1, 0.15) is 5.56 Å². The number of fused-ring (bicyclic) bond motifs is 4. The van der Waals surface area contributed by atoms with Gasteiger partial charge in [-0.3, -0.25) is 9.59 Å². The van der Waals surface area contributed by atoms with Crippen LogP contribution in [0, 0.1) is 5.92 Å². The maximum absolute atomic E-state index is 13.6. The molecule has 32 heavy (non-hydrogen) atoms. The minimum Gasteiger partial charge on any atom is -0.449 e. The largest absolute Gasteiger partial charge is 0.449 e. The molecule has 0 radical (unpaired) electrons. The van der Waals surface area contributed by atoms with Crippen LogP contribution in [-0.2, 0) is 24.8 Å². The minimum absolute atomic E-state index is 0.0499. The first-order valence-electron chi connectivity index (χ1n) is 10.3. The van der Waals surface area contributed by atoms with Gasteiger partial charge in [0.15, 0.2) is 5.72 Å². The zero-order valence-corrected chi connectivity index (χ0v) is 18.3. The van der Waals surface area contributed by atoms with Gasteiger partial charge in [-0.05, 0) is 5.56 Å². The van der Waals surface area contributed by atoms with Gasteiger partial charge in [0.1, 0.15) is 6.61 Å². The number of hydrogen-bond donors (Lipinski definition) is 3. The van der Waals surface area contributed by atoms with Crippen molar-refractivity contribution >= 4 is 29.4 Å². The molecule has 0 aromatic heterocycles. The quantitative estimate of drug-likeness (QED) is 0.388. The smallest absolute Gasteiger partial charge is 0.404 e. The fraction of sp³-hybridized carbons (Fsp3) is 0.409. The summed E-state index contributed by atoms with van der Waals surface area (Å²) in [5.41, 5.74) is 12.3. The van der Waals surface area contributed by atoms with E-state index in [1.54, 1.807) is 0 Å². The highest BCUT2D eigenvalue weighted by Crippen LogP contribution is 2.55. The van der Waals surface area contributed by atoms with Crippen molar-refractivity contribution in [1.29, 1.82) is 0 Å². The van der Waals surface area contributed by atoms with Crippen molar-refractivity contribution in [3.05, 3.63) is 58.4 Å². The summed E-state index contributed by atoms with van der Waals surface area (Å²) in [5, 5.41) is 3.33. The lowest BCUT2D eigenvalue weighted by molar-refractivity contribution is -0.137. The molecule has 9 nitrogen and oxygen atoms in total. The first-order valence-corrected chi connectivity index (χ1v) is 11.5. The SMILES string of the molecule is CO[C@@]12[C@H](COC(N)=O)C3=C(C(=O)C(CSCc4ccccc4)=C(N)C3=O)N1C[C@@H]1N[C@@H]12. The number of ketones is 2. The first-order chi connectivity index (χ1) is 15.4. The van der Waals surface area contributed by atoms with Crippen molar-refractivity contribution in [1.82, 2.24) is 10.2 Å². The number of primary amides is 1. The van der Waals surface area contributed by atoms with Crippen LogP contribution in [0.15, 0.2) is 52.9 Å². The van der Waals surface area contributed by atoms with Gasteiger partial charge in [-0.2, -0.15) is 11.8 Å². The molecule has 168 valence electrons. The van der Waals surface area contributed by atoms with Crippen molar-refractivity contribution in [3.63, 3.8) is 0 Å². The number of methoxy groups -OCH3 is 1. The molecule has 0 bridgehead atoms. The number of amides is 1. The van der Waals surface area contributed by atoms with E-state index >= 15 is 0 Å². The molecule has 0 unspecified atom stereocenters. The summed E-state index contributed by atoms with van der Waals surface area (Å²) in [5.74, 6) is -0.324. The van der Waals surface area contributed by atoms with Crippen LogP contribution >= 0.6 is 11.8 Å². The van der Waals surface area contributed by atoms with Crippen molar-refractivity contribution in [2.24, 2.45) is 17.4 Å². The third-order valence-electron chi connectivity index (χ3n) is 6.69.